The van der Waals surface area contributed by atoms with Gasteiger partial charge in [0.2, 0.25) is 5.91 Å². The lowest BCUT2D eigenvalue weighted by atomic mass is 9.84. The first-order valence-electron chi connectivity index (χ1n) is 10.6. The van der Waals surface area contributed by atoms with Crippen LogP contribution in [-0.2, 0) is 11.2 Å². The van der Waals surface area contributed by atoms with E-state index in [1.807, 2.05) is 31.2 Å². The summed E-state index contributed by atoms with van der Waals surface area (Å²) in [7, 11) is 0. The van der Waals surface area contributed by atoms with Gasteiger partial charge >= 0.3 is 0 Å². The smallest absolute Gasteiger partial charge is 0.244 e. The predicted octanol–water partition coefficient (Wildman–Crippen LogP) is 5.97. The molecule has 148 valence electrons. The fourth-order valence-electron chi connectivity index (χ4n) is 4.30. The minimum Gasteiger partial charge on any atom is -0.273 e. The van der Waals surface area contributed by atoms with Crippen LogP contribution in [0.25, 0.3) is 10.8 Å². The van der Waals surface area contributed by atoms with Crippen molar-refractivity contribution in [2.75, 3.05) is 0 Å². The van der Waals surface area contributed by atoms with E-state index in [9.17, 15) is 4.79 Å². The molecule has 0 heterocycles. The zero-order valence-electron chi connectivity index (χ0n) is 17.0. The minimum absolute atomic E-state index is 0.0977. The van der Waals surface area contributed by atoms with Crippen LogP contribution >= 0.6 is 0 Å². The highest BCUT2D eigenvalue weighted by atomic mass is 16.2. The van der Waals surface area contributed by atoms with E-state index in [0.717, 1.165) is 27.6 Å². The van der Waals surface area contributed by atoms with Gasteiger partial charge in [-0.05, 0) is 53.1 Å². The molecule has 0 saturated heterocycles. The monoisotopic (exact) mass is 384 g/mol. The third-order valence-electron chi connectivity index (χ3n) is 5.98. The van der Waals surface area contributed by atoms with Gasteiger partial charge in [-0.2, -0.15) is 5.10 Å². The van der Waals surface area contributed by atoms with Crippen LogP contribution in [-0.4, -0.2) is 11.6 Å². The Kier molecular flexibility index (Phi) is 6.04. The van der Waals surface area contributed by atoms with E-state index in [2.05, 4.69) is 53.0 Å². The zero-order chi connectivity index (χ0) is 20.1. The van der Waals surface area contributed by atoms with Gasteiger partial charge in [0.25, 0.3) is 0 Å². The van der Waals surface area contributed by atoms with Crippen LogP contribution in [0.4, 0.5) is 0 Å². The highest BCUT2D eigenvalue weighted by Crippen LogP contribution is 2.32. The summed E-state index contributed by atoms with van der Waals surface area (Å²) in [6.45, 7) is 1.94. The molecule has 3 nitrogen and oxygen atoms in total. The van der Waals surface area contributed by atoms with Crippen LogP contribution < -0.4 is 5.43 Å². The summed E-state index contributed by atoms with van der Waals surface area (Å²) in [5, 5.41) is 6.59. The molecule has 1 saturated carbocycles. The Hall–Kier alpha value is -2.94. The van der Waals surface area contributed by atoms with Gasteiger partial charge in [-0.15, -0.1) is 0 Å². The minimum atomic E-state index is -0.0977. The van der Waals surface area contributed by atoms with Gasteiger partial charge in [0, 0.05) is 0 Å². The number of rotatable bonds is 5. The highest BCUT2D eigenvalue weighted by molar-refractivity contribution is 5.99. The number of carbonyl (C=O) groups is 1. The Morgan fingerprint density at radius 2 is 1.66 bits per heavy atom. The van der Waals surface area contributed by atoms with Crippen LogP contribution in [0.2, 0.25) is 0 Å². The van der Waals surface area contributed by atoms with E-state index < -0.39 is 0 Å². The number of amides is 1. The van der Waals surface area contributed by atoms with E-state index >= 15 is 0 Å². The molecule has 3 aromatic rings. The van der Waals surface area contributed by atoms with Gasteiger partial charge in [-0.25, -0.2) is 5.43 Å². The third-order valence-corrected chi connectivity index (χ3v) is 5.98. The maximum absolute atomic E-state index is 12.4. The second-order valence-electron chi connectivity index (χ2n) is 8.00. The number of benzene rings is 3. The lowest BCUT2D eigenvalue weighted by Crippen LogP contribution is -2.21. The molecular formula is C26H28N2O. The first-order valence-corrected chi connectivity index (χ1v) is 10.6. The van der Waals surface area contributed by atoms with E-state index in [1.54, 1.807) is 0 Å². The van der Waals surface area contributed by atoms with Crippen molar-refractivity contribution < 1.29 is 4.79 Å². The van der Waals surface area contributed by atoms with Gasteiger partial charge in [0.15, 0.2) is 0 Å². The topological polar surface area (TPSA) is 41.5 Å². The molecule has 0 aliphatic heterocycles. The molecule has 1 amide bonds. The number of hydrogen-bond donors (Lipinski definition) is 1. The van der Waals surface area contributed by atoms with Gasteiger partial charge in [-0.3, -0.25) is 4.79 Å². The summed E-state index contributed by atoms with van der Waals surface area (Å²) in [5.74, 6) is 0.606. The fraction of sp³-hybridized carbons (Fsp3) is 0.308. The Balaban J connectivity index is 1.39. The molecule has 0 unspecified atom stereocenters. The predicted molar refractivity (Wildman–Crippen MR) is 120 cm³/mol. The molecular weight excluding hydrogens is 356 g/mol. The number of fused-ring (bicyclic) bond motifs is 1. The molecule has 0 atom stereocenters. The van der Waals surface area contributed by atoms with E-state index in [1.165, 1.54) is 37.7 Å². The Bertz CT molecular complexity index is 1010. The van der Waals surface area contributed by atoms with Crippen molar-refractivity contribution in [3.8, 4) is 0 Å². The summed E-state index contributed by atoms with van der Waals surface area (Å²) in [6, 6.07) is 22.9. The number of nitrogens with zero attached hydrogens (tertiary/aromatic N) is 1. The van der Waals surface area contributed by atoms with Crippen molar-refractivity contribution in [2.45, 2.75) is 51.4 Å². The van der Waals surface area contributed by atoms with Gasteiger partial charge in [0.05, 0.1) is 12.1 Å². The number of hydrazone groups is 1. The van der Waals surface area contributed by atoms with E-state index in [-0.39, 0.29) is 5.91 Å². The van der Waals surface area contributed by atoms with Crippen molar-refractivity contribution in [1.82, 2.24) is 5.43 Å². The molecule has 1 fully saturated rings. The standard InChI is InChI=1S/C26H28N2O/c1-19(20-14-16-22(17-15-20)21-8-3-2-4-9-21)27-28-26(29)18-24-12-7-11-23-10-5-6-13-25(23)24/h5-7,10-17,21H,2-4,8-9,18H2,1H3,(H,28,29)/b27-19+. The molecule has 0 bridgehead atoms. The summed E-state index contributed by atoms with van der Waals surface area (Å²) in [4.78, 5) is 12.4. The first kappa shape index (κ1) is 19.4. The maximum atomic E-state index is 12.4. The molecule has 4 rings (SSSR count). The Morgan fingerprint density at radius 3 is 2.45 bits per heavy atom. The molecule has 0 aromatic heterocycles. The van der Waals surface area contributed by atoms with Crippen molar-refractivity contribution in [3.05, 3.63) is 83.4 Å². The maximum Gasteiger partial charge on any atom is 0.244 e. The molecule has 3 heteroatoms. The molecule has 1 aliphatic carbocycles. The van der Waals surface area contributed by atoms with Crippen LogP contribution in [0.1, 0.15) is 61.6 Å². The third kappa shape index (κ3) is 4.73. The van der Waals surface area contributed by atoms with E-state index in [4.69, 9.17) is 0 Å². The van der Waals surface area contributed by atoms with Crippen LogP contribution in [0, 0.1) is 0 Å². The SMILES string of the molecule is C/C(=N\NC(=O)Cc1cccc2ccccc12)c1ccc(C2CCCCC2)cc1. The van der Waals surface area contributed by atoms with Crippen molar-refractivity contribution >= 4 is 22.4 Å². The van der Waals surface area contributed by atoms with Crippen LogP contribution in [0.5, 0.6) is 0 Å². The van der Waals surface area contributed by atoms with Crippen LogP contribution in [0.3, 0.4) is 0 Å². The summed E-state index contributed by atoms with van der Waals surface area (Å²) >= 11 is 0. The van der Waals surface area contributed by atoms with Crippen LogP contribution in [0.15, 0.2) is 71.8 Å². The van der Waals surface area contributed by atoms with E-state index in [0.29, 0.717) is 12.3 Å². The average molecular weight is 385 g/mol. The second-order valence-corrected chi connectivity index (χ2v) is 8.00. The Morgan fingerprint density at radius 1 is 0.931 bits per heavy atom. The lowest BCUT2D eigenvalue weighted by molar-refractivity contribution is -0.120. The first-order chi connectivity index (χ1) is 14.2. The molecule has 0 spiro atoms. The zero-order valence-corrected chi connectivity index (χ0v) is 17.0. The molecule has 3 aromatic carbocycles. The quantitative estimate of drug-likeness (QED) is 0.427. The van der Waals surface area contributed by atoms with Crippen molar-refractivity contribution in [3.63, 3.8) is 0 Å². The molecule has 0 radical (unpaired) electrons. The number of carbonyl (C=O) groups excluding carboxylic acids is 1. The second kappa shape index (κ2) is 9.04. The van der Waals surface area contributed by atoms with Gasteiger partial charge in [0.1, 0.15) is 0 Å². The summed E-state index contributed by atoms with van der Waals surface area (Å²) < 4.78 is 0. The normalized spacial score (nSPS) is 15.4. The fourth-order valence-corrected chi connectivity index (χ4v) is 4.30. The van der Waals surface area contributed by atoms with Crippen molar-refractivity contribution in [2.24, 2.45) is 5.10 Å². The molecule has 1 N–H and O–H groups in total. The number of nitrogens with one attached hydrogen (secondary N) is 1. The largest absolute Gasteiger partial charge is 0.273 e. The van der Waals surface area contributed by atoms with Crippen molar-refractivity contribution in [1.29, 1.82) is 0 Å². The Labute approximate surface area is 172 Å². The summed E-state index contributed by atoms with van der Waals surface area (Å²) in [5.41, 5.74) is 7.05. The summed E-state index contributed by atoms with van der Waals surface area (Å²) in [6.07, 6.45) is 6.98. The lowest BCUT2D eigenvalue weighted by Gasteiger charge is -2.22. The highest BCUT2D eigenvalue weighted by Gasteiger charge is 2.15. The van der Waals surface area contributed by atoms with Gasteiger partial charge < -0.3 is 0 Å². The molecule has 1 aliphatic rings. The average Bonchev–Trinajstić information content (AvgIpc) is 2.78. The van der Waals surface area contributed by atoms with Gasteiger partial charge in [-0.1, -0.05) is 86.0 Å². The molecule has 29 heavy (non-hydrogen) atoms. The number of hydrogen-bond acceptors (Lipinski definition) is 2.